The molecular formula is C12H14BrN3O2. The van der Waals surface area contributed by atoms with Gasteiger partial charge < -0.3 is 15.4 Å². The zero-order chi connectivity index (χ0) is 13.1. The van der Waals surface area contributed by atoms with Crippen molar-refractivity contribution in [3.05, 3.63) is 34.1 Å². The van der Waals surface area contributed by atoms with E-state index in [1.165, 1.54) is 0 Å². The molecule has 2 rings (SSSR count). The van der Waals surface area contributed by atoms with Crippen molar-refractivity contribution < 1.29 is 9.63 Å². The number of aromatic nitrogens is 2. The number of halogens is 1. The molecule has 0 aliphatic carbocycles. The molecule has 2 aromatic rings. The Labute approximate surface area is 113 Å². The molecule has 1 aromatic carbocycles. The Bertz CT molecular complexity index is 542. The van der Waals surface area contributed by atoms with Crippen LogP contribution < -0.4 is 5.73 Å². The fourth-order valence-corrected chi connectivity index (χ4v) is 1.88. The van der Waals surface area contributed by atoms with E-state index in [9.17, 15) is 0 Å². The average Bonchev–Trinajstić information content (AvgIpc) is 2.82. The molecule has 1 aromatic heterocycles. The van der Waals surface area contributed by atoms with Gasteiger partial charge in [0.25, 0.3) is 0 Å². The van der Waals surface area contributed by atoms with Gasteiger partial charge in [-0.15, -0.1) is 0 Å². The molecule has 0 aliphatic heterocycles. The van der Waals surface area contributed by atoms with E-state index in [4.69, 9.17) is 15.4 Å². The van der Waals surface area contributed by atoms with Gasteiger partial charge in [0.1, 0.15) is 0 Å². The molecule has 18 heavy (non-hydrogen) atoms. The van der Waals surface area contributed by atoms with E-state index in [0.29, 0.717) is 18.1 Å². The van der Waals surface area contributed by atoms with Crippen molar-refractivity contribution in [2.75, 3.05) is 6.61 Å². The van der Waals surface area contributed by atoms with Crippen LogP contribution in [-0.2, 0) is 0 Å². The Balaban J connectivity index is 2.26. The number of hydrogen-bond donors (Lipinski definition) is 2. The SMILES string of the molecule is Cc1ccc(-c2noc(C(N)CCO)n2)cc1Br. The quantitative estimate of drug-likeness (QED) is 0.904. The first-order chi connectivity index (χ1) is 8.61. The highest BCUT2D eigenvalue weighted by Gasteiger charge is 2.15. The minimum absolute atomic E-state index is 0.00500. The molecule has 0 amide bonds. The van der Waals surface area contributed by atoms with Crippen molar-refractivity contribution in [1.29, 1.82) is 0 Å². The summed E-state index contributed by atoms with van der Waals surface area (Å²) in [7, 11) is 0. The van der Waals surface area contributed by atoms with Gasteiger partial charge in [0.15, 0.2) is 0 Å². The molecule has 0 saturated heterocycles. The van der Waals surface area contributed by atoms with Crippen LogP contribution in [-0.4, -0.2) is 21.9 Å². The number of nitrogens with zero attached hydrogens (tertiary/aromatic N) is 2. The summed E-state index contributed by atoms with van der Waals surface area (Å²) in [4.78, 5) is 4.24. The predicted molar refractivity (Wildman–Crippen MR) is 70.8 cm³/mol. The highest BCUT2D eigenvalue weighted by molar-refractivity contribution is 9.10. The second kappa shape index (κ2) is 5.60. The second-order valence-electron chi connectivity index (χ2n) is 4.04. The summed E-state index contributed by atoms with van der Waals surface area (Å²) in [6.07, 6.45) is 0.402. The maximum atomic E-state index is 8.81. The first kappa shape index (κ1) is 13.2. The van der Waals surface area contributed by atoms with Gasteiger partial charge in [-0.3, -0.25) is 0 Å². The van der Waals surface area contributed by atoms with E-state index in [1.807, 2.05) is 25.1 Å². The van der Waals surface area contributed by atoms with E-state index >= 15 is 0 Å². The van der Waals surface area contributed by atoms with Gasteiger partial charge in [-0.25, -0.2) is 0 Å². The second-order valence-corrected chi connectivity index (χ2v) is 4.89. The minimum Gasteiger partial charge on any atom is -0.396 e. The monoisotopic (exact) mass is 311 g/mol. The van der Waals surface area contributed by atoms with Crippen LogP contribution >= 0.6 is 15.9 Å². The Morgan fingerprint density at radius 2 is 2.28 bits per heavy atom. The minimum atomic E-state index is -0.426. The first-order valence-electron chi connectivity index (χ1n) is 5.58. The summed E-state index contributed by atoms with van der Waals surface area (Å²) in [6.45, 7) is 2.00. The van der Waals surface area contributed by atoms with E-state index in [1.54, 1.807) is 0 Å². The smallest absolute Gasteiger partial charge is 0.243 e. The van der Waals surface area contributed by atoms with E-state index < -0.39 is 6.04 Å². The van der Waals surface area contributed by atoms with Crippen LogP contribution in [0.25, 0.3) is 11.4 Å². The molecule has 1 atom stereocenters. The van der Waals surface area contributed by atoms with Crippen molar-refractivity contribution in [3.63, 3.8) is 0 Å². The third-order valence-electron chi connectivity index (χ3n) is 2.63. The van der Waals surface area contributed by atoms with E-state index in [2.05, 4.69) is 26.1 Å². The molecule has 96 valence electrons. The third kappa shape index (κ3) is 2.77. The maximum Gasteiger partial charge on any atom is 0.243 e. The lowest BCUT2D eigenvalue weighted by molar-refractivity contribution is 0.259. The van der Waals surface area contributed by atoms with Crippen LogP contribution in [0.5, 0.6) is 0 Å². The zero-order valence-corrected chi connectivity index (χ0v) is 11.5. The average molecular weight is 312 g/mol. The highest BCUT2D eigenvalue weighted by atomic mass is 79.9. The van der Waals surface area contributed by atoms with Gasteiger partial charge in [0.2, 0.25) is 11.7 Å². The fraction of sp³-hybridized carbons (Fsp3) is 0.333. The molecule has 0 radical (unpaired) electrons. The summed E-state index contributed by atoms with van der Waals surface area (Å²) in [5.41, 5.74) is 7.78. The lowest BCUT2D eigenvalue weighted by Crippen LogP contribution is -2.12. The van der Waals surface area contributed by atoms with Crippen molar-refractivity contribution in [1.82, 2.24) is 10.1 Å². The number of aryl methyl sites for hydroxylation is 1. The summed E-state index contributed by atoms with van der Waals surface area (Å²) in [6, 6.07) is 5.40. The maximum absolute atomic E-state index is 8.81. The number of rotatable bonds is 4. The summed E-state index contributed by atoms with van der Waals surface area (Å²) in [5, 5.41) is 12.7. The number of benzene rings is 1. The Morgan fingerprint density at radius 3 is 2.94 bits per heavy atom. The molecular weight excluding hydrogens is 298 g/mol. The summed E-state index contributed by atoms with van der Waals surface area (Å²) in [5.74, 6) is 0.842. The van der Waals surface area contributed by atoms with Crippen LogP contribution in [0.4, 0.5) is 0 Å². The third-order valence-corrected chi connectivity index (χ3v) is 3.48. The number of aliphatic hydroxyl groups is 1. The van der Waals surface area contributed by atoms with E-state index in [-0.39, 0.29) is 6.61 Å². The van der Waals surface area contributed by atoms with Crippen LogP contribution in [0.15, 0.2) is 27.2 Å². The molecule has 6 heteroatoms. The van der Waals surface area contributed by atoms with Crippen molar-refractivity contribution in [3.8, 4) is 11.4 Å². The Hall–Kier alpha value is -1.24. The summed E-state index contributed by atoms with van der Waals surface area (Å²) >= 11 is 3.46. The zero-order valence-electron chi connectivity index (χ0n) is 9.93. The van der Waals surface area contributed by atoms with Crippen LogP contribution in [0.3, 0.4) is 0 Å². The molecule has 0 aliphatic rings. The van der Waals surface area contributed by atoms with Crippen molar-refractivity contribution in [2.45, 2.75) is 19.4 Å². The molecule has 1 unspecified atom stereocenters. The van der Waals surface area contributed by atoms with Gasteiger partial charge in [0.05, 0.1) is 6.04 Å². The molecule has 0 saturated carbocycles. The van der Waals surface area contributed by atoms with Gasteiger partial charge in [-0.1, -0.05) is 33.2 Å². The lowest BCUT2D eigenvalue weighted by atomic mass is 10.1. The molecule has 3 N–H and O–H groups in total. The van der Waals surface area contributed by atoms with E-state index in [0.717, 1.165) is 15.6 Å². The predicted octanol–water partition coefficient (Wildman–Crippen LogP) is 2.19. The number of aliphatic hydroxyl groups excluding tert-OH is 1. The highest BCUT2D eigenvalue weighted by Crippen LogP contribution is 2.24. The molecule has 0 spiro atoms. The fourth-order valence-electron chi connectivity index (χ4n) is 1.50. The first-order valence-corrected chi connectivity index (χ1v) is 6.37. The number of nitrogens with two attached hydrogens (primary N) is 1. The van der Waals surface area contributed by atoms with Gasteiger partial charge in [-0.05, 0) is 25.0 Å². The Kier molecular flexibility index (Phi) is 4.11. The van der Waals surface area contributed by atoms with Crippen molar-refractivity contribution in [2.24, 2.45) is 5.73 Å². The number of hydrogen-bond acceptors (Lipinski definition) is 5. The summed E-state index contributed by atoms with van der Waals surface area (Å²) < 4.78 is 6.08. The van der Waals surface area contributed by atoms with Crippen LogP contribution in [0, 0.1) is 6.92 Å². The van der Waals surface area contributed by atoms with Gasteiger partial charge >= 0.3 is 0 Å². The largest absolute Gasteiger partial charge is 0.396 e. The van der Waals surface area contributed by atoms with Gasteiger partial charge in [-0.2, -0.15) is 4.98 Å². The molecule has 1 heterocycles. The Morgan fingerprint density at radius 1 is 1.50 bits per heavy atom. The lowest BCUT2D eigenvalue weighted by Gasteiger charge is -2.02. The van der Waals surface area contributed by atoms with Gasteiger partial charge in [0, 0.05) is 16.6 Å². The molecule has 0 bridgehead atoms. The van der Waals surface area contributed by atoms with Crippen molar-refractivity contribution >= 4 is 15.9 Å². The van der Waals surface area contributed by atoms with Crippen LogP contribution in [0.1, 0.15) is 23.9 Å². The molecule has 5 nitrogen and oxygen atoms in total. The topological polar surface area (TPSA) is 85.2 Å². The standard InChI is InChI=1S/C12H14BrN3O2/c1-7-2-3-8(6-9(7)13)11-15-12(18-16-11)10(14)4-5-17/h2-3,6,10,17H,4-5,14H2,1H3. The van der Waals surface area contributed by atoms with Crippen LogP contribution in [0.2, 0.25) is 0 Å². The normalized spacial score (nSPS) is 12.7. The molecule has 0 fully saturated rings.